The first-order valence-corrected chi connectivity index (χ1v) is 7.64. The minimum Gasteiger partial charge on any atom is -0.465 e. The second kappa shape index (κ2) is 8.61. The Bertz CT molecular complexity index is 692. The SMILES string of the molecule is CCOC(=O)C(C=Nc1ccnn1-c1ccccc1)C(=O)OCC. The maximum absolute atomic E-state index is 11.9. The van der Waals surface area contributed by atoms with E-state index in [-0.39, 0.29) is 13.2 Å². The Morgan fingerprint density at radius 2 is 1.75 bits per heavy atom. The monoisotopic (exact) mass is 329 g/mol. The molecule has 0 aliphatic heterocycles. The van der Waals surface area contributed by atoms with Crippen molar-refractivity contribution in [2.24, 2.45) is 10.9 Å². The van der Waals surface area contributed by atoms with Gasteiger partial charge >= 0.3 is 11.9 Å². The first kappa shape index (κ1) is 17.4. The van der Waals surface area contributed by atoms with Crippen molar-refractivity contribution in [3.8, 4) is 5.69 Å². The minimum atomic E-state index is -1.20. The van der Waals surface area contributed by atoms with Crippen molar-refractivity contribution >= 4 is 24.0 Å². The smallest absolute Gasteiger partial charge is 0.325 e. The Labute approximate surface area is 139 Å². The lowest BCUT2D eigenvalue weighted by Gasteiger charge is -2.10. The highest BCUT2D eigenvalue weighted by atomic mass is 16.6. The number of para-hydroxylation sites is 1. The van der Waals surface area contributed by atoms with Crippen LogP contribution in [0.25, 0.3) is 5.69 Å². The van der Waals surface area contributed by atoms with E-state index < -0.39 is 17.9 Å². The van der Waals surface area contributed by atoms with Gasteiger partial charge in [0, 0.05) is 12.3 Å². The molecule has 2 rings (SSSR count). The zero-order valence-corrected chi connectivity index (χ0v) is 13.6. The highest BCUT2D eigenvalue weighted by Gasteiger charge is 2.27. The average molecular weight is 329 g/mol. The summed E-state index contributed by atoms with van der Waals surface area (Å²) in [6.45, 7) is 3.68. The molecule has 24 heavy (non-hydrogen) atoms. The number of ether oxygens (including phenoxy) is 2. The summed E-state index contributed by atoms with van der Waals surface area (Å²) >= 11 is 0. The van der Waals surface area contributed by atoms with Crippen LogP contribution >= 0.6 is 0 Å². The molecule has 0 N–H and O–H groups in total. The number of aromatic nitrogens is 2. The highest BCUT2D eigenvalue weighted by molar-refractivity contribution is 6.09. The van der Waals surface area contributed by atoms with Gasteiger partial charge in [-0.15, -0.1) is 0 Å². The van der Waals surface area contributed by atoms with Crippen LogP contribution in [0.4, 0.5) is 5.82 Å². The van der Waals surface area contributed by atoms with E-state index in [2.05, 4.69) is 10.1 Å². The van der Waals surface area contributed by atoms with E-state index in [9.17, 15) is 9.59 Å². The maximum Gasteiger partial charge on any atom is 0.325 e. The van der Waals surface area contributed by atoms with Gasteiger partial charge < -0.3 is 9.47 Å². The molecule has 0 aliphatic rings. The molecule has 0 radical (unpaired) electrons. The van der Waals surface area contributed by atoms with Gasteiger partial charge in [0.1, 0.15) is 0 Å². The number of hydrogen-bond donors (Lipinski definition) is 0. The lowest BCUT2D eigenvalue weighted by atomic mass is 10.2. The van der Waals surface area contributed by atoms with Gasteiger partial charge in [-0.25, -0.2) is 9.67 Å². The van der Waals surface area contributed by atoms with Gasteiger partial charge in [-0.3, -0.25) is 9.59 Å². The minimum absolute atomic E-state index is 0.171. The Kier molecular flexibility index (Phi) is 6.24. The van der Waals surface area contributed by atoms with E-state index in [4.69, 9.17) is 9.47 Å². The number of esters is 2. The Hall–Kier alpha value is -2.96. The molecule has 2 aromatic rings. The summed E-state index contributed by atoms with van der Waals surface area (Å²) in [6, 6.07) is 11.1. The van der Waals surface area contributed by atoms with Crippen molar-refractivity contribution in [2.75, 3.05) is 13.2 Å². The molecule has 7 nitrogen and oxygen atoms in total. The predicted octanol–water partition coefficient (Wildman–Crippen LogP) is 2.32. The number of benzene rings is 1. The normalized spacial score (nSPS) is 11.0. The molecule has 0 bridgehead atoms. The molecule has 1 heterocycles. The predicted molar refractivity (Wildman–Crippen MR) is 88.5 cm³/mol. The standard InChI is InChI=1S/C17H19N3O4/c1-3-23-16(21)14(17(22)24-4-2)12-18-15-10-11-19-20(15)13-8-6-5-7-9-13/h5-12,14H,3-4H2,1-2H3. The summed E-state index contributed by atoms with van der Waals surface area (Å²) in [5.41, 5.74) is 0.818. The van der Waals surface area contributed by atoms with Crippen LogP contribution in [-0.4, -0.2) is 41.1 Å². The Morgan fingerprint density at radius 3 is 2.33 bits per heavy atom. The van der Waals surface area contributed by atoms with Crippen LogP contribution < -0.4 is 0 Å². The van der Waals surface area contributed by atoms with E-state index in [1.165, 1.54) is 6.21 Å². The summed E-state index contributed by atoms with van der Waals surface area (Å²) < 4.78 is 11.4. The van der Waals surface area contributed by atoms with Crippen LogP contribution in [0.5, 0.6) is 0 Å². The number of hydrogen-bond acceptors (Lipinski definition) is 6. The molecule has 0 fully saturated rings. The summed E-state index contributed by atoms with van der Waals surface area (Å²) in [5, 5.41) is 4.20. The molecule has 0 unspecified atom stereocenters. The van der Waals surface area contributed by atoms with Gasteiger partial charge in [-0.1, -0.05) is 18.2 Å². The summed E-state index contributed by atoms with van der Waals surface area (Å²) in [4.78, 5) is 28.1. The third kappa shape index (κ3) is 4.28. The number of carbonyl (C=O) groups excluding carboxylic acids is 2. The van der Waals surface area contributed by atoms with Crippen molar-refractivity contribution in [1.82, 2.24) is 9.78 Å². The molecule has 0 saturated carbocycles. The van der Waals surface area contributed by atoms with E-state index in [0.717, 1.165) is 5.69 Å². The van der Waals surface area contributed by atoms with Crippen LogP contribution in [0.3, 0.4) is 0 Å². The third-order valence-corrected chi connectivity index (χ3v) is 3.06. The zero-order valence-electron chi connectivity index (χ0n) is 13.6. The lowest BCUT2D eigenvalue weighted by molar-refractivity contribution is -0.157. The first-order chi connectivity index (χ1) is 11.7. The molecule has 0 aliphatic carbocycles. The topological polar surface area (TPSA) is 82.8 Å². The largest absolute Gasteiger partial charge is 0.465 e. The van der Waals surface area contributed by atoms with Gasteiger partial charge in [0.25, 0.3) is 0 Å². The fraction of sp³-hybridized carbons (Fsp3) is 0.294. The molecule has 126 valence electrons. The molecule has 0 spiro atoms. The Morgan fingerprint density at radius 1 is 1.12 bits per heavy atom. The quantitative estimate of drug-likeness (QED) is 0.442. The van der Waals surface area contributed by atoms with Gasteiger partial charge in [-0.2, -0.15) is 5.10 Å². The number of rotatable bonds is 7. The van der Waals surface area contributed by atoms with Gasteiger partial charge in [0.05, 0.1) is 25.1 Å². The molecule has 0 amide bonds. The van der Waals surface area contributed by atoms with Gasteiger partial charge in [0.2, 0.25) is 0 Å². The zero-order chi connectivity index (χ0) is 17.4. The lowest BCUT2D eigenvalue weighted by Crippen LogP contribution is -2.29. The number of carbonyl (C=O) groups is 2. The second-order valence-corrected chi connectivity index (χ2v) is 4.70. The van der Waals surface area contributed by atoms with Crippen LogP contribution in [0.1, 0.15) is 13.8 Å². The molecule has 7 heteroatoms. The number of nitrogens with zero attached hydrogens (tertiary/aromatic N) is 3. The molecule has 1 aromatic heterocycles. The van der Waals surface area contributed by atoms with Crippen molar-refractivity contribution < 1.29 is 19.1 Å². The first-order valence-electron chi connectivity index (χ1n) is 7.64. The van der Waals surface area contributed by atoms with E-state index in [0.29, 0.717) is 5.82 Å². The van der Waals surface area contributed by atoms with Crippen molar-refractivity contribution in [1.29, 1.82) is 0 Å². The molecule has 1 aromatic carbocycles. The molecule has 0 atom stereocenters. The van der Waals surface area contributed by atoms with E-state index in [1.54, 1.807) is 30.8 Å². The molecular formula is C17H19N3O4. The van der Waals surface area contributed by atoms with Crippen molar-refractivity contribution in [2.45, 2.75) is 13.8 Å². The highest BCUT2D eigenvalue weighted by Crippen LogP contribution is 2.17. The maximum atomic E-state index is 11.9. The van der Waals surface area contributed by atoms with E-state index in [1.807, 2.05) is 30.3 Å². The molecular weight excluding hydrogens is 310 g/mol. The van der Waals surface area contributed by atoms with Gasteiger partial charge in [0.15, 0.2) is 11.7 Å². The average Bonchev–Trinajstić information content (AvgIpc) is 3.05. The fourth-order valence-electron chi connectivity index (χ4n) is 2.00. The fourth-order valence-corrected chi connectivity index (χ4v) is 2.00. The second-order valence-electron chi connectivity index (χ2n) is 4.70. The van der Waals surface area contributed by atoms with Crippen LogP contribution in [0.2, 0.25) is 0 Å². The number of aliphatic imine (C=N–C) groups is 1. The van der Waals surface area contributed by atoms with Gasteiger partial charge in [-0.05, 0) is 26.0 Å². The Balaban J connectivity index is 2.25. The summed E-state index contributed by atoms with van der Waals surface area (Å²) in [6.07, 6.45) is 2.82. The van der Waals surface area contributed by atoms with Crippen molar-refractivity contribution in [3.63, 3.8) is 0 Å². The van der Waals surface area contributed by atoms with E-state index >= 15 is 0 Å². The third-order valence-electron chi connectivity index (χ3n) is 3.06. The van der Waals surface area contributed by atoms with Crippen LogP contribution in [0.15, 0.2) is 47.6 Å². The molecule has 0 saturated heterocycles. The van der Waals surface area contributed by atoms with Crippen molar-refractivity contribution in [3.05, 3.63) is 42.6 Å². The van der Waals surface area contributed by atoms with Crippen LogP contribution in [-0.2, 0) is 19.1 Å². The summed E-state index contributed by atoms with van der Waals surface area (Å²) in [5.74, 6) is -2.10. The van der Waals surface area contributed by atoms with Crippen LogP contribution in [0, 0.1) is 5.92 Å². The summed E-state index contributed by atoms with van der Waals surface area (Å²) in [7, 11) is 0.